The topological polar surface area (TPSA) is 119 Å². The molecule has 1 N–H and O–H groups in total. The molecule has 40 heavy (non-hydrogen) atoms. The number of carbonyl (C=O) groups is 2. The summed E-state index contributed by atoms with van der Waals surface area (Å²) in [6, 6.07) is 5.78. The lowest BCUT2D eigenvalue weighted by Crippen LogP contribution is -2.26. The van der Waals surface area contributed by atoms with Crippen molar-refractivity contribution in [2.45, 2.75) is 26.6 Å². The number of methoxy groups -OCH3 is 1. The van der Waals surface area contributed by atoms with E-state index in [0.29, 0.717) is 33.4 Å². The molecule has 0 atom stereocenters. The number of fused-ring (bicyclic) bond motifs is 1. The molecule has 0 saturated carbocycles. The number of ether oxygens (including phenoxy) is 2. The molecule has 5 rings (SSSR count). The van der Waals surface area contributed by atoms with Crippen LogP contribution in [0.15, 0.2) is 36.7 Å². The van der Waals surface area contributed by atoms with Gasteiger partial charge in [0.25, 0.3) is 11.8 Å². The fourth-order valence-corrected chi connectivity index (χ4v) is 5.43. The Morgan fingerprint density at radius 1 is 1.07 bits per heavy atom. The Kier molecular flexibility index (Phi) is 7.79. The van der Waals surface area contributed by atoms with Crippen molar-refractivity contribution in [3.8, 4) is 22.8 Å². The number of aryl methyl sites for hydroxylation is 1. The number of nitrogens with one attached hydrogen (secondary N) is 1. The molecule has 5 heterocycles. The summed E-state index contributed by atoms with van der Waals surface area (Å²) < 4.78 is 34.4. The van der Waals surface area contributed by atoms with Crippen molar-refractivity contribution in [3.63, 3.8) is 0 Å². The number of hydrogen-bond donors (Lipinski definition) is 1. The molecule has 0 saturated heterocycles. The smallest absolute Gasteiger partial charge is 0.388 e. The molecule has 0 fully saturated rings. The average Bonchev–Trinajstić information content (AvgIpc) is 3.47. The molecule has 4 aromatic heterocycles. The number of halogens is 4. The molecule has 0 unspecified atom stereocenters. The van der Waals surface area contributed by atoms with Gasteiger partial charge < -0.3 is 14.4 Å². The van der Waals surface area contributed by atoms with Gasteiger partial charge in [0.2, 0.25) is 5.88 Å². The maximum Gasteiger partial charge on any atom is 0.388 e. The van der Waals surface area contributed by atoms with E-state index in [9.17, 15) is 18.4 Å². The normalized spacial score (nSPS) is 12.4. The Morgan fingerprint density at radius 3 is 2.58 bits per heavy atom. The molecule has 1 aliphatic heterocycles. The van der Waals surface area contributed by atoms with Crippen LogP contribution in [0.4, 0.5) is 13.9 Å². The van der Waals surface area contributed by atoms with Crippen molar-refractivity contribution in [2.24, 2.45) is 0 Å². The second-order valence-corrected chi connectivity index (χ2v) is 10.3. The van der Waals surface area contributed by atoms with Crippen LogP contribution in [-0.2, 0) is 13.1 Å². The second-order valence-electron chi connectivity index (χ2n) is 8.45. The number of anilines is 1. The van der Waals surface area contributed by atoms with Gasteiger partial charge in [-0.05, 0) is 25.1 Å². The minimum absolute atomic E-state index is 0.0398. The summed E-state index contributed by atoms with van der Waals surface area (Å²) >= 11 is 13.4. The molecule has 0 bridgehead atoms. The van der Waals surface area contributed by atoms with Crippen LogP contribution >= 0.6 is 34.5 Å². The highest BCUT2D eigenvalue weighted by atomic mass is 35.5. The first kappa shape index (κ1) is 27.6. The van der Waals surface area contributed by atoms with Crippen LogP contribution in [0, 0.1) is 6.92 Å². The van der Waals surface area contributed by atoms with E-state index in [0.717, 1.165) is 10.9 Å². The summed E-state index contributed by atoms with van der Waals surface area (Å²) in [7, 11) is 1.49. The van der Waals surface area contributed by atoms with E-state index < -0.39 is 24.3 Å². The number of hydrogen-bond acceptors (Lipinski definition) is 9. The number of nitrogens with zero attached hydrogens (tertiary/aromatic N) is 5. The van der Waals surface area contributed by atoms with Crippen LogP contribution in [0.3, 0.4) is 0 Å². The summed E-state index contributed by atoms with van der Waals surface area (Å²) in [5.41, 5.74) is 2.75. The van der Waals surface area contributed by atoms with Gasteiger partial charge in [0.1, 0.15) is 16.1 Å². The van der Waals surface area contributed by atoms with Crippen molar-refractivity contribution in [1.29, 1.82) is 0 Å². The van der Waals surface area contributed by atoms with E-state index in [-0.39, 0.29) is 34.5 Å². The monoisotopic (exact) mass is 606 g/mol. The van der Waals surface area contributed by atoms with E-state index in [4.69, 9.17) is 27.9 Å². The number of alkyl halides is 2. The molecule has 15 heteroatoms. The van der Waals surface area contributed by atoms with Gasteiger partial charge in [-0.3, -0.25) is 19.9 Å². The molecular weight excluding hydrogens is 589 g/mol. The SMILES string of the molecule is COc1cnc(Cl)cc1-c1cc(C)ncc1C(=O)Nc1nc2c(s1)CN(C(=O)c1ccc(OC(F)F)nc1Cl)C2. The first-order chi connectivity index (χ1) is 19.1. The molecule has 206 valence electrons. The zero-order chi connectivity index (χ0) is 28.6. The van der Waals surface area contributed by atoms with E-state index in [1.54, 1.807) is 19.1 Å². The van der Waals surface area contributed by atoms with Gasteiger partial charge in [0.15, 0.2) is 5.13 Å². The fraction of sp³-hybridized carbons (Fsp3) is 0.200. The van der Waals surface area contributed by atoms with Gasteiger partial charge in [-0.15, -0.1) is 0 Å². The van der Waals surface area contributed by atoms with Crippen molar-refractivity contribution < 1.29 is 27.8 Å². The lowest BCUT2D eigenvalue weighted by atomic mass is 10.0. The van der Waals surface area contributed by atoms with Crippen LogP contribution in [0.1, 0.15) is 37.0 Å². The van der Waals surface area contributed by atoms with Crippen molar-refractivity contribution in [1.82, 2.24) is 24.8 Å². The molecule has 1 aliphatic rings. The van der Waals surface area contributed by atoms with Crippen LogP contribution in [0.2, 0.25) is 10.3 Å². The summed E-state index contributed by atoms with van der Waals surface area (Å²) in [6.07, 6.45) is 2.94. The van der Waals surface area contributed by atoms with E-state index in [2.05, 4.69) is 30.0 Å². The molecule has 2 amide bonds. The highest BCUT2D eigenvalue weighted by molar-refractivity contribution is 7.16. The largest absolute Gasteiger partial charge is 0.494 e. The Morgan fingerprint density at radius 2 is 1.88 bits per heavy atom. The summed E-state index contributed by atoms with van der Waals surface area (Å²) in [6.45, 7) is -0.882. The summed E-state index contributed by atoms with van der Waals surface area (Å²) in [4.78, 5) is 45.0. The van der Waals surface area contributed by atoms with Crippen molar-refractivity contribution >= 4 is 51.5 Å². The Hall–Kier alpha value is -3.94. The second kappa shape index (κ2) is 11.3. The number of carbonyl (C=O) groups excluding carboxylic acids is 2. The minimum atomic E-state index is -3.06. The number of pyridine rings is 3. The third-order valence-corrected chi connectivity index (χ3v) is 7.35. The van der Waals surface area contributed by atoms with Gasteiger partial charge in [0, 0.05) is 29.1 Å². The van der Waals surface area contributed by atoms with Gasteiger partial charge in [-0.2, -0.15) is 8.78 Å². The first-order valence-corrected chi connectivity index (χ1v) is 13.1. The predicted octanol–water partition coefficient (Wildman–Crippen LogP) is 5.63. The molecular formula is C25H18Cl2F2N6O4S. The van der Waals surface area contributed by atoms with Crippen LogP contribution < -0.4 is 14.8 Å². The Bertz CT molecular complexity index is 1610. The van der Waals surface area contributed by atoms with Crippen molar-refractivity contribution in [2.75, 3.05) is 12.4 Å². The number of aromatic nitrogens is 4. The highest BCUT2D eigenvalue weighted by Gasteiger charge is 2.30. The van der Waals surface area contributed by atoms with E-state index in [1.807, 2.05) is 0 Å². The quantitative estimate of drug-likeness (QED) is 0.269. The van der Waals surface area contributed by atoms with Gasteiger partial charge in [-0.25, -0.2) is 15.0 Å². The standard InChI is InChI=1S/C25H18Cl2F2N6O4S/c1-11-5-13(14-6-19(26)31-8-17(14)38-2)15(7-30-11)22(36)34-25-32-16-9-35(10-18(16)40-25)23(37)12-3-4-20(33-21(12)27)39-24(28)29/h3-8,24H,9-10H2,1-2H3,(H,32,34,36). The molecule has 0 radical (unpaired) electrons. The predicted molar refractivity (Wildman–Crippen MR) is 143 cm³/mol. The van der Waals surface area contributed by atoms with Gasteiger partial charge >= 0.3 is 6.61 Å². The van der Waals surface area contributed by atoms with Gasteiger partial charge in [0.05, 0.1) is 48.1 Å². The van der Waals surface area contributed by atoms with Crippen molar-refractivity contribution in [3.05, 3.63) is 74.4 Å². The average molecular weight is 607 g/mol. The molecule has 4 aromatic rings. The lowest BCUT2D eigenvalue weighted by molar-refractivity contribution is -0.0528. The summed E-state index contributed by atoms with van der Waals surface area (Å²) in [5, 5.41) is 3.14. The first-order valence-electron chi connectivity index (χ1n) is 11.5. The summed E-state index contributed by atoms with van der Waals surface area (Å²) in [5.74, 6) is -0.843. The lowest BCUT2D eigenvalue weighted by Gasteiger charge is -2.16. The molecule has 0 aliphatic carbocycles. The third-order valence-electron chi connectivity index (χ3n) is 5.85. The van der Waals surface area contributed by atoms with E-state index >= 15 is 0 Å². The molecule has 10 nitrogen and oxygen atoms in total. The third kappa shape index (κ3) is 5.67. The van der Waals surface area contributed by atoms with Crippen LogP contribution in [-0.4, -0.2) is 50.4 Å². The Balaban J connectivity index is 1.32. The number of rotatable bonds is 7. The molecule has 0 spiro atoms. The van der Waals surface area contributed by atoms with Crippen LogP contribution in [0.5, 0.6) is 11.6 Å². The van der Waals surface area contributed by atoms with E-state index in [1.165, 1.54) is 41.8 Å². The molecule has 0 aromatic carbocycles. The maximum atomic E-state index is 13.3. The van der Waals surface area contributed by atoms with Gasteiger partial charge in [-0.1, -0.05) is 34.5 Å². The fourth-order valence-electron chi connectivity index (χ4n) is 4.06. The maximum absolute atomic E-state index is 13.3. The zero-order valence-electron chi connectivity index (χ0n) is 20.7. The Labute approximate surface area is 239 Å². The zero-order valence-corrected chi connectivity index (χ0v) is 23.1. The number of thiazole rings is 1. The number of amides is 2. The minimum Gasteiger partial charge on any atom is -0.494 e. The van der Waals surface area contributed by atoms with Crippen LogP contribution in [0.25, 0.3) is 11.1 Å². The highest BCUT2D eigenvalue weighted by Crippen LogP contribution is 2.36.